The molecule has 2 nitrogen and oxygen atoms in total. The van der Waals surface area contributed by atoms with E-state index in [0.29, 0.717) is 11.3 Å². The van der Waals surface area contributed by atoms with Gasteiger partial charge in [0, 0.05) is 24.7 Å². The summed E-state index contributed by atoms with van der Waals surface area (Å²) in [6.45, 7) is 14.5. The Morgan fingerprint density at radius 1 is 1.44 bits per heavy atom. The molecule has 1 aliphatic carbocycles. The smallest absolute Gasteiger partial charge is 0.0215 e. The highest BCUT2D eigenvalue weighted by Crippen LogP contribution is 2.54. The number of rotatable bonds is 3. The normalized spacial score (nSPS) is 34.2. The fourth-order valence-corrected chi connectivity index (χ4v) is 3.04. The first-order chi connectivity index (χ1) is 7.43. The van der Waals surface area contributed by atoms with Crippen molar-refractivity contribution in [3.63, 3.8) is 0 Å². The van der Waals surface area contributed by atoms with Gasteiger partial charge in [0.1, 0.15) is 0 Å². The van der Waals surface area contributed by atoms with E-state index in [9.17, 15) is 0 Å². The maximum Gasteiger partial charge on any atom is 0.0215 e. The van der Waals surface area contributed by atoms with Crippen LogP contribution in [0, 0.1) is 23.2 Å². The van der Waals surface area contributed by atoms with Crippen molar-refractivity contribution < 1.29 is 0 Å². The minimum Gasteiger partial charge on any atom is -0.375 e. The first-order valence-electron chi connectivity index (χ1n) is 6.57. The molecule has 2 N–H and O–H groups in total. The van der Waals surface area contributed by atoms with Gasteiger partial charge in [-0.25, -0.2) is 0 Å². The van der Waals surface area contributed by atoms with Crippen LogP contribution >= 0.6 is 0 Å². The Labute approximate surface area is 99.9 Å². The predicted molar refractivity (Wildman–Crippen MR) is 68.9 cm³/mol. The van der Waals surface area contributed by atoms with Crippen molar-refractivity contribution in [3.05, 3.63) is 12.3 Å². The van der Waals surface area contributed by atoms with E-state index in [2.05, 4.69) is 32.3 Å². The van der Waals surface area contributed by atoms with Crippen LogP contribution in [0.4, 0.5) is 0 Å². The minimum atomic E-state index is 0.445. The Kier molecular flexibility index (Phi) is 3.04. The van der Waals surface area contributed by atoms with Crippen LogP contribution < -0.4 is 5.73 Å². The molecule has 3 atom stereocenters. The Morgan fingerprint density at radius 2 is 2.12 bits per heavy atom. The summed E-state index contributed by atoms with van der Waals surface area (Å²) >= 11 is 0. The number of hydrogen-bond donors (Lipinski definition) is 1. The van der Waals surface area contributed by atoms with E-state index < -0.39 is 0 Å². The standard InChI is InChI=1S/C14H26N2/c1-10(12-7-13(12)14(2,3)4)16-6-5-11(8-15)9-16/h11-13H,1,5-9,15H2,2-4H3. The van der Waals surface area contributed by atoms with Crippen LogP contribution in [0.1, 0.15) is 33.6 Å². The van der Waals surface area contributed by atoms with Crippen molar-refractivity contribution in [1.82, 2.24) is 4.90 Å². The van der Waals surface area contributed by atoms with Crippen LogP contribution in [0.3, 0.4) is 0 Å². The lowest BCUT2D eigenvalue weighted by molar-refractivity contribution is 0.313. The molecule has 3 unspecified atom stereocenters. The van der Waals surface area contributed by atoms with Gasteiger partial charge >= 0.3 is 0 Å². The van der Waals surface area contributed by atoms with E-state index >= 15 is 0 Å². The summed E-state index contributed by atoms with van der Waals surface area (Å²) in [6.07, 6.45) is 2.59. The summed E-state index contributed by atoms with van der Waals surface area (Å²) in [7, 11) is 0. The number of likely N-dealkylation sites (tertiary alicyclic amines) is 1. The van der Waals surface area contributed by atoms with Crippen molar-refractivity contribution in [3.8, 4) is 0 Å². The van der Waals surface area contributed by atoms with Crippen molar-refractivity contribution in [2.75, 3.05) is 19.6 Å². The molecule has 0 bridgehead atoms. The molecule has 0 spiro atoms. The molecule has 0 aromatic rings. The average molecular weight is 222 g/mol. The Morgan fingerprint density at radius 3 is 2.56 bits per heavy atom. The zero-order valence-electron chi connectivity index (χ0n) is 11.0. The molecule has 0 radical (unpaired) electrons. The number of allylic oxidation sites excluding steroid dienone is 1. The molecule has 2 heteroatoms. The molecule has 2 aliphatic rings. The molecule has 0 amide bonds. The van der Waals surface area contributed by atoms with Crippen LogP contribution in [0.15, 0.2) is 12.3 Å². The molecule has 1 saturated carbocycles. The van der Waals surface area contributed by atoms with Gasteiger partial charge < -0.3 is 10.6 Å². The second kappa shape index (κ2) is 4.06. The minimum absolute atomic E-state index is 0.445. The molecule has 1 aliphatic heterocycles. The van der Waals surface area contributed by atoms with Gasteiger partial charge in [0.05, 0.1) is 0 Å². The fourth-order valence-electron chi connectivity index (χ4n) is 3.04. The van der Waals surface area contributed by atoms with Gasteiger partial charge in [-0.2, -0.15) is 0 Å². The SMILES string of the molecule is C=C(C1CC1C(C)(C)C)N1CCC(CN)C1. The average Bonchev–Trinajstić information content (AvgIpc) is 2.88. The second-order valence-corrected chi connectivity index (χ2v) is 6.64. The molecule has 0 aromatic heterocycles. The van der Waals surface area contributed by atoms with Gasteiger partial charge in [-0.15, -0.1) is 0 Å². The molecule has 0 aromatic carbocycles. The first kappa shape index (κ1) is 12.0. The highest BCUT2D eigenvalue weighted by Gasteiger charge is 2.48. The molecule has 16 heavy (non-hydrogen) atoms. The van der Waals surface area contributed by atoms with Gasteiger partial charge in [-0.1, -0.05) is 27.4 Å². The lowest BCUT2D eigenvalue weighted by Crippen LogP contribution is -2.24. The molecule has 1 heterocycles. The molecular weight excluding hydrogens is 196 g/mol. The highest BCUT2D eigenvalue weighted by atomic mass is 15.2. The summed E-state index contributed by atoms with van der Waals surface area (Å²) in [5.41, 5.74) is 7.56. The fraction of sp³-hybridized carbons (Fsp3) is 0.857. The van der Waals surface area contributed by atoms with Gasteiger partial charge in [0.25, 0.3) is 0 Å². The van der Waals surface area contributed by atoms with E-state index in [1.54, 1.807) is 0 Å². The Bertz CT molecular complexity index is 277. The zero-order valence-corrected chi connectivity index (χ0v) is 11.0. The van der Waals surface area contributed by atoms with Crippen LogP contribution in [0.2, 0.25) is 0 Å². The third-order valence-electron chi connectivity index (χ3n) is 4.36. The maximum absolute atomic E-state index is 5.73. The summed E-state index contributed by atoms with van der Waals surface area (Å²) in [5, 5.41) is 0. The highest BCUT2D eigenvalue weighted by molar-refractivity contribution is 5.14. The van der Waals surface area contributed by atoms with Crippen LogP contribution in [0.5, 0.6) is 0 Å². The van der Waals surface area contributed by atoms with Crippen molar-refractivity contribution in [2.24, 2.45) is 28.9 Å². The summed E-state index contributed by atoms with van der Waals surface area (Å²) in [5.74, 6) is 2.29. The van der Waals surface area contributed by atoms with Crippen molar-refractivity contribution >= 4 is 0 Å². The second-order valence-electron chi connectivity index (χ2n) is 6.64. The van der Waals surface area contributed by atoms with E-state index in [4.69, 9.17) is 5.73 Å². The van der Waals surface area contributed by atoms with Crippen LogP contribution in [-0.4, -0.2) is 24.5 Å². The third kappa shape index (κ3) is 2.27. The molecule has 92 valence electrons. The first-order valence-corrected chi connectivity index (χ1v) is 6.57. The van der Waals surface area contributed by atoms with E-state index in [1.807, 2.05) is 0 Å². The van der Waals surface area contributed by atoms with Crippen molar-refractivity contribution in [2.45, 2.75) is 33.6 Å². The molecule has 2 rings (SSSR count). The Hall–Kier alpha value is -0.500. The van der Waals surface area contributed by atoms with Crippen molar-refractivity contribution in [1.29, 1.82) is 0 Å². The zero-order chi connectivity index (χ0) is 11.9. The number of nitrogens with two attached hydrogens (primary N) is 1. The molecule has 1 saturated heterocycles. The topological polar surface area (TPSA) is 29.3 Å². The van der Waals surface area contributed by atoms with Gasteiger partial charge in [0.2, 0.25) is 0 Å². The summed E-state index contributed by atoms with van der Waals surface area (Å²) in [6, 6.07) is 0. The summed E-state index contributed by atoms with van der Waals surface area (Å²) < 4.78 is 0. The maximum atomic E-state index is 5.73. The molecule has 2 fully saturated rings. The lowest BCUT2D eigenvalue weighted by Gasteiger charge is -2.24. The third-order valence-corrected chi connectivity index (χ3v) is 4.36. The quantitative estimate of drug-likeness (QED) is 0.795. The predicted octanol–water partition coefficient (Wildman–Crippen LogP) is 2.46. The van der Waals surface area contributed by atoms with E-state index in [-0.39, 0.29) is 0 Å². The Balaban J connectivity index is 1.87. The van der Waals surface area contributed by atoms with Gasteiger partial charge in [0.15, 0.2) is 0 Å². The number of hydrogen-bond acceptors (Lipinski definition) is 2. The van der Waals surface area contributed by atoms with E-state index in [0.717, 1.165) is 24.9 Å². The summed E-state index contributed by atoms with van der Waals surface area (Å²) in [4.78, 5) is 2.48. The van der Waals surface area contributed by atoms with E-state index in [1.165, 1.54) is 25.1 Å². The lowest BCUT2D eigenvalue weighted by atomic mass is 9.88. The van der Waals surface area contributed by atoms with Crippen LogP contribution in [-0.2, 0) is 0 Å². The van der Waals surface area contributed by atoms with Gasteiger partial charge in [-0.05, 0) is 36.6 Å². The number of nitrogens with zero attached hydrogens (tertiary/aromatic N) is 1. The largest absolute Gasteiger partial charge is 0.375 e. The van der Waals surface area contributed by atoms with Gasteiger partial charge in [-0.3, -0.25) is 0 Å². The monoisotopic (exact) mass is 222 g/mol. The van der Waals surface area contributed by atoms with Crippen LogP contribution in [0.25, 0.3) is 0 Å². The molecular formula is C14H26N2.